The van der Waals surface area contributed by atoms with E-state index in [1.54, 1.807) is 6.20 Å². The quantitative estimate of drug-likeness (QED) is 0.482. The fourth-order valence-electron chi connectivity index (χ4n) is 5.21. The molecule has 1 amide bonds. The molecule has 1 aromatic heterocycles. The molecular formula is C27H34ClN7O3S. The molecule has 208 valence electrons. The lowest BCUT2D eigenvalue weighted by atomic mass is 9.91. The molecule has 0 radical (unpaired) electrons. The van der Waals surface area contributed by atoms with Crippen LogP contribution in [0.15, 0.2) is 48.3 Å². The van der Waals surface area contributed by atoms with Crippen LogP contribution in [0, 0.1) is 11.8 Å². The zero-order valence-corrected chi connectivity index (χ0v) is 23.7. The van der Waals surface area contributed by atoms with Crippen LogP contribution in [0.3, 0.4) is 0 Å². The molecule has 12 heteroatoms. The molecule has 1 fully saturated rings. The van der Waals surface area contributed by atoms with Gasteiger partial charge in [-0.15, -0.1) is 0 Å². The number of aryl methyl sites for hydroxylation is 1. The predicted octanol–water partition coefficient (Wildman–Crippen LogP) is 4.54. The number of carbonyl (C=O) groups excluding carboxylic acids is 1. The van der Waals surface area contributed by atoms with Crippen LogP contribution in [-0.2, 0) is 21.4 Å². The molecule has 0 spiro atoms. The highest BCUT2D eigenvalue weighted by atomic mass is 35.5. The maximum atomic E-state index is 13.1. The largest absolute Gasteiger partial charge is 0.339 e. The van der Waals surface area contributed by atoms with Crippen molar-refractivity contribution in [2.45, 2.75) is 38.5 Å². The van der Waals surface area contributed by atoms with Crippen LogP contribution in [0.25, 0.3) is 0 Å². The molecule has 39 heavy (non-hydrogen) atoms. The zero-order chi connectivity index (χ0) is 27.6. The Kier molecular flexibility index (Phi) is 8.22. The SMILES string of the molecule is CN(C)S(=O)(=O)N1CCC(CC(=O)Nc2ccc3cc2CCC2C=CC=C(C2)Nc2ncc(Cl)c(n2)N3)CC1. The Morgan fingerprint density at radius 1 is 1.21 bits per heavy atom. The van der Waals surface area contributed by atoms with Gasteiger partial charge in [0.2, 0.25) is 11.9 Å². The topological polar surface area (TPSA) is 120 Å². The van der Waals surface area contributed by atoms with Crippen LogP contribution >= 0.6 is 11.6 Å². The fraction of sp³-hybridized carbons (Fsp3) is 0.444. The van der Waals surface area contributed by atoms with Gasteiger partial charge in [-0.1, -0.05) is 23.8 Å². The second-order valence-electron chi connectivity index (χ2n) is 10.5. The summed E-state index contributed by atoms with van der Waals surface area (Å²) >= 11 is 6.38. The molecule has 1 saturated heterocycles. The lowest BCUT2D eigenvalue weighted by Gasteiger charge is -2.32. The minimum Gasteiger partial charge on any atom is -0.339 e. The number of nitrogens with one attached hydrogen (secondary N) is 3. The molecule has 2 aromatic rings. The Labute approximate surface area is 234 Å². The second-order valence-corrected chi connectivity index (χ2v) is 13.0. The number of hydrogen-bond acceptors (Lipinski definition) is 7. The first-order chi connectivity index (χ1) is 18.7. The average Bonchev–Trinajstić information content (AvgIpc) is 2.91. The highest BCUT2D eigenvalue weighted by Gasteiger charge is 2.30. The standard InChI is InChI=1S/C27H34ClN7O3S/c1-34(2)39(37,38)35-12-10-19(11-13-35)15-25(36)32-24-9-8-22-16-20(24)7-6-18-4-3-5-21(14-18)31-27-29-17-23(28)26(30-22)33-27/h3-5,8-9,16-19H,6-7,10-15H2,1-2H3,(H,32,36)(H2,29,30,31,33). The van der Waals surface area contributed by atoms with Gasteiger partial charge < -0.3 is 16.0 Å². The van der Waals surface area contributed by atoms with Crippen molar-refractivity contribution in [1.82, 2.24) is 18.6 Å². The van der Waals surface area contributed by atoms with Crippen LogP contribution in [0.2, 0.25) is 5.02 Å². The summed E-state index contributed by atoms with van der Waals surface area (Å²) in [6.45, 7) is 0.856. The molecule has 10 nitrogen and oxygen atoms in total. The molecule has 5 rings (SSSR count). The third-order valence-corrected chi connectivity index (χ3v) is 9.66. The summed E-state index contributed by atoms with van der Waals surface area (Å²) in [6, 6.07) is 5.85. The third kappa shape index (κ3) is 6.60. The van der Waals surface area contributed by atoms with Gasteiger partial charge in [0.05, 0.1) is 6.20 Å². The normalized spacial score (nSPS) is 20.1. The van der Waals surface area contributed by atoms with Gasteiger partial charge in [-0.25, -0.2) is 4.98 Å². The summed E-state index contributed by atoms with van der Waals surface area (Å²) in [7, 11) is -0.342. The van der Waals surface area contributed by atoms with Gasteiger partial charge in [0.25, 0.3) is 10.2 Å². The minimum absolute atomic E-state index is 0.0562. The summed E-state index contributed by atoms with van der Waals surface area (Å²) in [5, 5.41) is 10.1. The number of halogens is 1. The van der Waals surface area contributed by atoms with Crippen LogP contribution in [-0.4, -0.2) is 60.1 Å². The molecule has 0 saturated carbocycles. The maximum absolute atomic E-state index is 13.1. The molecule has 2 aliphatic heterocycles. The minimum atomic E-state index is -3.42. The summed E-state index contributed by atoms with van der Waals surface area (Å²) in [4.78, 5) is 21.9. The first-order valence-corrected chi connectivity index (χ1v) is 15.0. The number of fused-ring (bicyclic) bond motifs is 6. The Bertz CT molecular complexity index is 1400. The number of benzene rings is 1. The van der Waals surface area contributed by atoms with Gasteiger partial charge >= 0.3 is 0 Å². The van der Waals surface area contributed by atoms with Crippen molar-refractivity contribution in [2.75, 3.05) is 43.1 Å². The van der Waals surface area contributed by atoms with Gasteiger partial charge in [0, 0.05) is 50.7 Å². The van der Waals surface area contributed by atoms with E-state index in [9.17, 15) is 13.2 Å². The molecular weight excluding hydrogens is 538 g/mol. The molecule has 3 aliphatic rings. The Morgan fingerprint density at radius 2 is 2.00 bits per heavy atom. The van der Waals surface area contributed by atoms with Crippen molar-refractivity contribution in [3.8, 4) is 0 Å². The summed E-state index contributed by atoms with van der Waals surface area (Å²) in [6.07, 6.45) is 12.1. The Hall–Kier alpha value is -2.99. The molecule has 1 aliphatic carbocycles. The van der Waals surface area contributed by atoms with Gasteiger partial charge in [0.15, 0.2) is 5.82 Å². The van der Waals surface area contributed by atoms with Crippen LogP contribution < -0.4 is 16.0 Å². The van der Waals surface area contributed by atoms with E-state index in [0.29, 0.717) is 55.1 Å². The van der Waals surface area contributed by atoms with E-state index in [-0.39, 0.29) is 11.8 Å². The number of rotatable bonds is 5. The number of hydrogen-bond donors (Lipinski definition) is 3. The van der Waals surface area contributed by atoms with E-state index in [2.05, 4.69) is 38.1 Å². The van der Waals surface area contributed by atoms with E-state index < -0.39 is 10.2 Å². The van der Waals surface area contributed by atoms with Crippen molar-refractivity contribution >= 4 is 50.9 Å². The third-order valence-electron chi connectivity index (χ3n) is 7.44. The number of allylic oxidation sites excluding steroid dienone is 4. The first kappa shape index (κ1) is 27.6. The highest BCUT2D eigenvalue weighted by molar-refractivity contribution is 7.86. The van der Waals surface area contributed by atoms with Crippen molar-refractivity contribution in [2.24, 2.45) is 11.8 Å². The molecule has 3 heterocycles. The number of amides is 1. The number of aromatic nitrogens is 2. The lowest BCUT2D eigenvalue weighted by molar-refractivity contribution is -0.117. The van der Waals surface area contributed by atoms with Crippen molar-refractivity contribution in [1.29, 1.82) is 0 Å². The smallest absolute Gasteiger partial charge is 0.281 e. The Balaban J connectivity index is 1.30. The molecule has 1 unspecified atom stereocenters. The molecule has 1 atom stereocenters. The zero-order valence-electron chi connectivity index (χ0n) is 22.2. The van der Waals surface area contributed by atoms with Crippen LogP contribution in [0.4, 0.5) is 23.1 Å². The van der Waals surface area contributed by atoms with E-state index in [4.69, 9.17) is 11.6 Å². The molecule has 6 bridgehead atoms. The summed E-state index contributed by atoms with van der Waals surface area (Å²) in [5.41, 5.74) is 3.68. The van der Waals surface area contributed by atoms with E-state index >= 15 is 0 Å². The number of piperidine rings is 1. The average molecular weight is 572 g/mol. The summed E-state index contributed by atoms with van der Waals surface area (Å²) < 4.78 is 27.5. The predicted molar refractivity (Wildman–Crippen MR) is 154 cm³/mol. The number of carbonyl (C=O) groups is 1. The fourth-order valence-corrected chi connectivity index (χ4v) is 6.49. The van der Waals surface area contributed by atoms with E-state index in [1.165, 1.54) is 22.7 Å². The van der Waals surface area contributed by atoms with Gasteiger partial charge in [0.1, 0.15) is 5.02 Å². The van der Waals surface area contributed by atoms with E-state index in [1.807, 2.05) is 24.3 Å². The number of nitrogens with zero attached hydrogens (tertiary/aromatic N) is 4. The molecule has 1 aromatic carbocycles. The van der Waals surface area contributed by atoms with Crippen molar-refractivity contribution in [3.63, 3.8) is 0 Å². The molecule has 3 N–H and O–H groups in total. The van der Waals surface area contributed by atoms with Gasteiger partial charge in [-0.2, -0.15) is 22.0 Å². The Morgan fingerprint density at radius 3 is 2.77 bits per heavy atom. The van der Waals surface area contributed by atoms with Crippen LogP contribution in [0.1, 0.15) is 37.7 Å². The van der Waals surface area contributed by atoms with E-state index in [0.717, 1.165) is 41.9 Å². The van der Waals surface area contributed by atoms with Gasteiger partial charge in [-0.05, 0) is 73.8 Å². The van der Waals surface area contributed by atoms with Crippen LogP contribution in [0.5, 0.6) is 0 Å². The lowest BCUT2D eigenvalue weighted by Crippen LogP contribution is -2.44. The van der Waals surface area contributed by atoms with Gasteiger partial charge in [-0.3, -0.25) is 4.79 Å². The second kappa shape index (κ2) is 11.6. The monoisotopic (exact) mass is 571 g/mol. The maximum Gasteiger partial charge on any atom is 0.281 e. The first-order valence-electron chi connectivity index (χ1n) is 13.2. The summed E-state index contributed by atoms with van der Waals surface area (Å²) in [5.74, 6) is 1.41. The van der Waals surface area contributed by atoms with Crippen molar-refractivity contribution in [3.05, 3.63) is 58.9 Å². The highest BCUT2D eigenvalue weighted by Crippen LogP contribution is 2.32. The van der Waals surface area contributed by atoms with Crippen molar-refractivity contribution < 1.29 is 13.2 Å². The number of anilines is 4.